The number of aliphatic carboxylic acids is 1. The Balaban J connectivity index is 1.09. The monoisotopic (exact) mass is 585 g/mol. The number of thioether (sulfide) groups is 1. The van der Waals surface area contributed by atoms with Crippen LogP contribution in [0.3, 0.4) is 0 Å². The van der Waals surface area contributed by atoms with Crippen molar-refractivity contribution in [2.75, 3.05) is 18.8 Å². The maximum Gasteiger partial charge on any atom is 0.353 e. The molecule has 0 unspecified atom stereocenters. The van der Waals surface area contributed by atoms with Gasteiger partial charge in [0.1, 0.15) is 18.6 Å². The number of tetrazole rings is 1. The Bertz CT molecular complexity index is 1420. The molecule has 6 rings (SSSR count). The van der Waals surface area contributed by atoms with E-state index in [1.807, 2.05) is 11.5 Å². The van der Waals surface area contributed by atoms with Crippen LogP contribution in [0, 0.1) is 11.8 Å². The van der Waals surface area contributed by atoms with Crippen LogP contribution in [-0.4, -0.2) is 105 Å². The van der Waals surface area contributed by atoms with Gasteiger partial charge in [-0.05, 0) is 23.8 Å². The summed E-state index contributed by atoms with van der Waals surface area (Å²) >= 11 is 1.43. The number of amides is 3. The molecule has 0 saturated carbocycles. The number of carboxylic acids is 1. The Hall–Kier alpha value is -3.99. The van der Waals surface area contributed by atoms with Gasteiger partial charge < -0.3 is 35.8 Å². The van der Waals surface area contributed by atoms with E-state index in [1.165, 1.54) is 27.7 Å². The predicted octanol–water partition coefficient (Wildman–Crippen LogP) is -1.76. The number of imidazole rings is 1. The quantitative estimate of drug-likeness (QED) is 0.254. The Morgan fingerprint density at radius 3 is 2.85 bits per heavy atom. The summed E-state index contributed by atoms with van der Waals surface area (Å²) in [6.07, 6.45) is 3.55. The predicted molar refractivity (Wildman–Crippen MR) is 143 cm³/mol. The van der Waals surface area contributed by atoms with Crippen molar-refractivity contribution >= 4 is 41.4 Å². The number of hydrogen-bond donors (Lipinski definition) is 4. The molecule has 6 atom stereocenters. The highest BCUT2D eigenvalue weighted by Gasteiger charge is 2.60. The van der Waals surface area contributed by atoms with E-state index < -0.39 is 17.9 Å². The summed E-state index contributed by atoms with van der Waals surface area (Å²) in [5, 5.41) is 26.8. The number of carbonyl (C=O) groups is 4. The first kappa shape index (κ1) is 27.2. The van der Waals surface area contributed by atoms with Gasteiger partial charge in [-0.1, -0.05) is 6.92 Å². The first-order valence-electron chi connectivity index (χ1n) is 13.4. The molecule has 0 spiro atoms. The molecule has 3 amide bonds. The fourth-order valence-corrected chi connectivity index (χ4v) is 7.84. The van der Waals surface area contributed by atoms with Crippen molar-refractivity contribution in [3.05, 3.63) is 28.8 Å². The third kappa shape index (κ3) is 4.71. The summed E-state index contributed by atoms with van der Waals surface area (Å²) < 4.78 is 3.18. The molecule has 6 heterocycles. The molecule has 218 valence electrons. The lowest BCUT2D eigenvalue weighted by Gasteiger charge is -2.47. The van der Waals surface area contributed by atoms with Gasteiger partial charge in [0.05, 0.1) is 36.4 Å². The summed E-state index contributed by atoms with van der Waals surface area (Å²) in [6.45, 7) is 5.67. The van der Waals surface area contributed by atoms with E-state index in [4.69, 9.17) is 5.73 Å². The number of carbonyl (C=O) groups excluding carboxylic acids is 3. The lowest BCUT2D eigenvalue weighted by Crippen LogP contribution is -2.66. The zero-order valence-electron chi connectivity index (χ0n) is 22.5. The van der Waals surface area contributed by atoms with Gasteiger partial charge in [-0.3, -0.25) is 14.4 Å². The molecule has 0 aliphatic carbocycles. The van der Waals surface area contributed by atoms with E-state index in [9.17, 15) is 24.3 Å². The minimum absolute atomic E-state index is 0.00220. The van der Waals surface area contributed by atoms with E-state index in [1.54, 1.807) is 18.0 Å². The van der Waals surface area contributed by atoms with Gasteiger partial charge in [-0.25, -0.2) is 14.5 Å². The van der Waals surface area contributed by atoms with E-state index >= 15 is 0 Å². The molecule has 41 heavy (non-hydrogen) atoms. The second-order valence-electron chi connectivity index (χ2n) is 10.9. The van der Waals surface area contributed by atoms with Gasteiger partial charge in [0, 0.05) is 41.7 Å². The highest BCUT2D eigenvalue weighted by molar-refractivity contribution is 8.03. The highest BCUT2D eigenvalue weighted by Crippen LogP contribution is 2.51. The van der Waals surface area contributed by atoms with Crippen molar-refractivity contribution in [2.24, 2.45) is 11.8 Å². The first-order chi connectivity index (χ1) is 19.6. The number of carboxylic acid groups (broad SMARTS) is 1. The summed E-state index contributed by atoms with van der Waals surface area (Å²) in [5.74, 6) is -2.20. The number of fused-ring (bicyclic) bond motifs is 2. The number of nitrogens with one attached hydrogen (secondary N) is 2. The average molecular weight is 586 g/mol. The smallest absolute Gasteiger partial charge is 0.353 e. The lowest BCUT2D eigenvalue weighted by atomic mass is 9.78. The zero-order valence-corrected chi connectivity index (χ0v) is 23.3. The van der Waals surface area contributed by atoms with Crippen LogP contribution in [0.4, 0.5) is 5.95 Å². The molecule has 0 bridgehead atoms. The largest absolute Gasteiger partial charge is 0.477 e. The van der Waals surface area contributed by atoms with Crippen LogP contribution >= 0.6 is 11.8 Å². The lowest BCUT2D eigenvalue weighted by molar-refractivity contribution is -0.158. The van der Waals surface area contributed by atoms with Crippen molar-refractivity contribution < 1.29 is 24.3 Å². The summed E-state index contributed by atoms with van der Waals surface area (Å²) in [5.41, 5.74) is 6.78. The number of hydrogen-bond acceptors (Lipinski definition) is 11. The number of anilines is 1. The highest BCUT2D eigenvalue weighted by atomic mass is 32.2. The van der Waals surface area contributed by atoms with E-state index in [0.717, 1.165) is 5.69 Å². The molecule has 17 heteroatoms. The fraction of sp³-hybridized carbons (Fsp3) is 0.583. The second kappa shape index (κ2) is 10.4. The molecular weight excluding hydrogens is 554 g/mol. The maximum absolute atomic E-state index is 13.3. The van der Waals surface area contributed by atoms with Gasteiger partial charge >= 0.3 is 5.97 Å². The van der Waals surface area contributed by atoms with E-state index in [-0.39, 0.29) is 53.2 Å². The Labute approximate surface area is 238 Å². The Morgan fingerprint density at radius 1 is 1.32 bits per heavy atom. The van der Waals surface area contributed by atoms with Crippen LogP contribution in [0.1, 0.15) is 26.0 Å². The number of nitrogens with zero attached hydrogens (tertiary/aromatic N) is 8. The fourth-order valence-electron chi connectivity index (χ4n) is 6.36. The number of nitrogens with two attached hydrogens (primary N) is 1. The van der Waals surface area contributed by atoms with Crippen molar-refractivity contribution in [3.63, 3.8) is 0 Å². The maximum atomic E-state index is 13.3. The van der Waals surface area contributed by atoms with Crippen molar-refractivity contribution in [3.8, 4) is 0 Å². The zero-order chi connectivity index (χ0) is 29.0. The Morgan fingerprint density at radius 2 is 2.12 bits per heavy atom. The topological polar surface area (TPSA) is 206 Å². The summed E-state index contributed by atoms with van der Waals surface area (Å²) in [4.78, 5) is 59.2. The Kier molecular flexibility index (Phi) is 6.93. The molecule has 4 aliphatic rings. The molecule has 2 fully saturated rings. The number of aromatic nitrogens is 6. The van der Waals surface area contributed by atoms with Gasteiger partial charge in [-0.15, -0.1) is 16.9 Å². The van der Waals surface area contributed by atoms with Crippen molar-refractivity contribution in [1.82, 2.24) is 50.2 Å². The minimum Gasteiger partial charge on any atom is -0.477 e. The second-order valence-corrected chi connectivity index (χ2v) is 12.2. The third-order valence-corrected chi connectivity index (χ3v) is 9.84. The van der Waals surface area contributed by atoms with Crippen LogP contribution in [0.15, 0.2) is 23.1 Å². The summed E-state index contributed by atoms with van der Waals surface area (Å²) in [7, 11) is 0. The van der Waals surface area contributed by atoms with Gasteiger partial charge in [0.15, 0.2) is 5.95 Å². The normalized spacial score (nSPS) is 27.9. The first-order valence-corrected chi connectivity index (χ1v) is 14.3. The third-order valence-electron chi connectivity index (χ3n) is 8.33. The van der Waals surface area contributed by atoms with Crippen LogP contribution in [-0.2, 0) is 38.8 Å². The molecule has 4 aliphatic heterocycles. The standard InChI is InChI=1S/C24H31N11O5S/c1-11-18-17(12(2)29-16(36)9-33-10-28-30-31-33)22(38)35(18)19(23(39)40)20(11)41-14-5-15(26-7-14)21(37)32-3-4-34-13(8-32)6-27-24(34)25/h6,10-12,14-15,17-18,26H,3-5,7-9H2,1-2H3,(H2,25,27)(H,29,36)(H,39,40)/t11-,12-,14+,15+,17-,18-/m1/s1. The van der Waals surface area contributed by atoms with Crippen LogP contribution in [0.2, 0.25) is 0 Å². The van der Waals surface area contributed by atoms with Crippen molar-refractivity contribution in [1.29, 1.82) is 0 Å². The average Bonchev–Trinajstić information content (AvgIpc) is 3.72. The van der Waals surface area contributed by atoms with Crippen LogP contribution < -0.4 is 16.4 Å². The molecule has 2 aromatic heterocycles. The minimum atomic E-state index is -1.16. The van der Waals surface area contributed by atoms with Crippen LogP contribution in [0.5, 0.6) is 0 Å². The van der Waals surface area contributed by atoms with Gasteiger partial charge in [0.2, 0.25) is 17.7 Å². The van der Waals surface area contributed by atoms with Crippen LogP contribution in [0.25, 0.3) is 0 Å². The molecule has 2 saturated heterocycles. The molecule has 16 nitrogen and oxygen atoms in total. The molecule has 5 N–H and O–H groups in total. The van der Waals surface area contributed by atoms with E-state index in [0.29, 0.717) is 43.5 Å². The SMILES string of the molecule is C[C@@H](NC(=O)Cn1cnnn1)[C@H]1C(=O)N2C(C(=O)O)=C(S[C@@H]3CN[C@H](C(=O)N4CCn5c(cnc5N)C4)C3)[C@H](C)[C@H]12. The number of rotatable bonds is 8. The summed E-state index contributed by atoms with van der Waals surface area (Å²) in [6, 6.07) is -1.27. The molecule has 0 aromatic carbocycles. The molecular formula is C24H31N11O5S. The number of nitrogen functional groups attached to an aromatic ring is 1. The van der Waals surface area contributed by atoms with E-state index in [2.05, 4.69) is 31.1 Å². The molecule has 0 radical (unpaired) electrons. The number of β-lactam (4-membered cyclic amide) rings is 1. The van der Waals surface area contributed by atoms with Crippen molar-refractivity contribution in [2.45, 2.75) is 63.3 Å². The van der Waals surface area contributed by atoms with Gasteiger partial charge in [0.25, 0.3) is 0 Å². The molecule has 2 aromatic rings. The van der Waals surface area contributed by atoms with Gasteiger partial charge in [-0.2, -0.15) is 0 Å².